The molecule has 0 bridgehead atoms. The molecule has 0 fully saturated rings. The summed E-state index contributed by atoms with van der Waals surface area (Å²) in [6.45, 7) is 0. The van der Waals surface area contributed by atoms with E-state index in [-0.39, 0.29) is 131 Å². The van der Waals surface area contributed by atoms with Crippen molar-refractivity contribution in [2.24, 2.45) is 20.5 Å². The number of nitrogens with zero attached hydrogens (tertiary/aromatic N) is 4. The van der Waals surface area contributed by atoms with E-state index < -0.39 is 62.9 Å². The second kappa shape index (κ2) is 26.7. The summed E-state index contributed by atoms with van der Waals surface area (Å²) in [7, 11) is -9.06. The van der Waals surface area contributed by atoms with Crippen molar-refractivity contribution in [2.75, 3.05) is 39.9 Å². The summed E-state index contributed by atoms with van der Waals surface area (Å²) in [5, 5.41) is 46.4. The number of azo groups is 2. The molecule has 6 aromatic rings. The summed E-state index contributed by atoms with van der Waals surface area (Å²) in [5.41, 5.74) is 11.9. The van der Waals surface area contributed by atoms with Crippen molar-refractivity contribution in [1.82, 2.24) is 0 Å². The number of rotatable bonds is 18. The van der Waals surface area contributed by atoms with Crippen molar-refractivity contribution < 1.29 is 146 Å². The van der Waals surface area contributed by atoms with Gasteiger partial charge in [-0.25, -0.2) is 9.78 Å². The van der Waals surface area contributed by atoms with E-state index in [0.717, 1.165) is 26.3 Å². The number of phenols is 2. The van der Waals surface area contributed by atoms with Crippen LogP contribution in [-0.4, -0.2) is 55.5 Å². The van der Waals surface area contributed by atoms with E-state index in [1.165, 1.54) is 99.1 Å². The number of aromatic hydroxyl groups is 2. The maximum atomic E-state index is 12.6. The average molecular weight is 1210 g/mol. The Kier molecular flexibility index (Phi) is 23.2. The normalized spacial score (nSPS) is 11.9. The van der Waals surface area contributed by atoms with Crippen molar-refractivity contribution in [2.45, 2.75) is 29.4 Å². The van der Waals surface area contributed by atoms with Crippen LogP contribution < -0.4 is 11.5 Å². The molecule has 0 amide bonds. The summed E-state index contributed by atoms with van der Waals surface area (Å²) in [6, 6.07) is 18.8. The Morgan fingerprint density at radius 2 is 0.971 bits per heavy atom. The van der Waals surface area contributed by atoms with Crippen LogP contribution in [0, 0.1) is 0 Å². The Balaban J connectivity index is 0.000000350. The smallest absolute Gasteiger partial charge is 0.299 e. The molecule has 0 aromatic heterocycles. The largest absolute Gasteiger partial charge is 0.507 e. The van der Waals surface area contributed by atoms with E-state index in [0.29, 0.717) is 21.8 Å². The van der Waals surface area contributed by atoms with Gasteiger partial charge in [-0.15, -0.1) is 18.9 Å². The zero-order valence-corrected chi connectivity index (χ0v) is 45.6. The van der Waals surface area contributed by atoms with Crippen LogP contribution in [0.25, 0.3) is 21.5 Å². The van der Waals surface area contributed by atoms with E-state index >= 15 is 0 Å². The standard InChI is InChI=1S/2C18H16N3O9S3.2Y/c1-27-29-30-31-12-7-10-8-15(33(25,26)28-2)18(17(19)16(10)14(22)9-12)21-20-11-3-5-13(6-4-11)32(23)24;1-27-29-30-31-12-7-10-8-15(33(25,26)28-2)17(18(22)16(10)14(19)9-12)21-20-11-3-5-13(6-4-11)32(23)24;;/h2*3-9,22H,19H2,1-2H3;;/q2*-1;;. The van der Waals surface area contributed by atoms with Gasteiger partial charge in [0.2, 0.25) is 0 Å². The molecule has 0 saturated heterocycles. The van der Waals surface area contributed by atoms with Crippen molar-refractivity contribution in [3.63, 3.8) is 0 Å². The first-order chi connectivity index (χ1) is 31.3. The van der Waals surface area contributed by atoms with Gasteiger partial charge < -0.3 is 38.5 Å². The molecule has 6 N–H and O–H groups in total. The van der Waals surface area contributed by atoms with Crippen LogP contribution in [0.15, 0.2) is 135 Å². The summed E-state index contributed by atoms with van der Waals surface area (Å²) in [5.74, 6) is -0.833. The van der Waals surface area contributed by atoms with Crippen molar-refractivity contribution in [3.05, 3.63) is 84.9 Å². The van der Waals surface area contributed by atoms with Gasteiger partial charge in [0.1, 0.15) is 26.9 Å². The quantitative estimate of drug-likeness (QED) is 0.00922. The predicted molar refractivity (Wildman–Crippen MR) is 234 cm³/mol. The number of benzene rings is 6. The van der Waals surface area contributed by atoms with E-state index in [4.69, 9.17) is 20.1 Å². The third-order valence-electron chi connectivity index (χ3n) is 8.34. The summed E-state index contributed by atoms with van der Waals surface area (Å²) in [6.07, 6.45) is 0. The van der Waals surface area contributed by atoms with Gasteiger partial charge in [-0.2, -0.15) is 27.1 Å². The van der Waals surface area contributed by atoms with Gasteiger partial charge >= 0.3 is 0 Å². The minimum Gasteiger partial charge on any atom is -0.507 e. The molecule has 0 aliphatic heterocycles. The van der Waals surface area contributed by atoms with E-state index in [9.17, 15) is 43.9 Å². The topological polar surface area (TPSA) is 352 Å². The van der Waals surface area contributed by atoms with Crippen molar-refractivity contribution in [1.29, 1.82) is 0 Å². The fourth-order valence-corrected chi connectivity index (χ4v) is 8.85. The molecule has 32 heteroatoms. The van der Waals surface area contributed by atoms with Crippen LogP contribution in [0.5, 0.6) is 11.5 Å². The number of nitrogens with two attached hydrogens (primary N) is 2. The number of hydrogen-bond acceptors (Lipinski definition) is 28. The second-order valence-electron chi connectivity index (χ2n) is 12.2. The molecule has 0 aliphatic rings. The average Bonchev–Trinajstić information content (AvgIpc) is 3.28. The molecule has 0 spiro atoms. The Hall–Kier alpha value is -3.37. The molecule has 68 heavy (non-hydrogen) atoms. The fourth-order valence-electron chi connectivity index (χ4n) is 5.46. The molecule has 2 radical (unpaired) electrons. The van der Waals surface area contributed by atoms with E-state index in [1.54, 1.807) is 0 Å². The van der Waals surface area contributed by atoms with Crippen LogP contribution in [0.3, 0.4) is 0 Å². The van der Waals surface area contributed by atoms with E-state index in [2.05, 4.69) is 48.7 Å². The maximum absolute atomic E-state index is 12.6. The SMILES string of the molecule is COOOSc1cc(N)c2c(O)c(N=Nc3ccc([S-](=O)=O)cc3)c(S(=O)(=O)OC)cc2c1.COOOSc1cc(O)c2c(N)c(N=Nc3ccc([S-](=O)=O)cc3)c(S(=O)(=O)OC)cc2c1.[Y].[Y]. The van der Waals surface area contributed by atoms with Gasteiger partial charge in [-0.1, -0.05) is 44.1 Å². The van der Waals surface area contributed by atoms with Gasteiger partial charge in [0, 0.05) is 91.7 Å². The first-order valence-corrected chi connectivity index (χ1v) is 23.9. The number of nitrogen functional groups attached to an aromatic ring is 2. The molecule has 358 valence electrons. The van der Waals surface area contributed by atoms with Crippen LogP contribution in [0.4, 0.5) is 34.1 Å². The first-order valence-electron chi connectivity index (χ1n) is 17.5. The minimum absolute atomic E-state index is 0. The van der Waals surface area contributed by atoms with Gasteiger partial charge in [-0.3, -0.25) is 8.37 Å². The second-order valence-corrected chi connectivity index (χ2v) is 19.0. The van der Waals surface area contributed by atoms with Crippen LogP contribution in [-0.2, 0) is 161 Å². The Bertz CT molecular complexity index is 2990. The molecular formula is C36H32N6O18S6Y2-2. The fraction of sp³-hybridized carbons (Fsp3) is 0.111. The summed E-state index contributed by atoms with van der Waals surface area (Å²) in [4.78, 5) is 8.60. The molecule has 0 saturated carbocycles. The van der Waals surface area contributed by atoms with Crippen LogP contribution in [0.2, 0.25) is 0 Å². The van der Waals surface area contributed by atoms with Gasteiger partial charge in [-0.05, 0) is 92.8 Å². The number of anilines is 2. The third kappa shape index (κ3) is 14.8. The molecular weight excluding hydrogens is 1170 g/mol. The zero-order chi connectivity index (χ0) is 48.3. The van der Waals surface area contributed by atoms with Crippen LogP contribution in [0.1, 0.15) is 0 Å². The summed E-state index contributed by atoms with van der Waals surface area (Å²) < 4.78 is 113. The molecule has 0 atom stereocenters. The monoisotopic (exact) mass is 1210 g/mol. The van der Waals surface area contributed by atoms with Crippen LogP contribution >= 0.6 is 24.1 Å². The zero-order valence-electron chi connectivity index (χ0n) is 35.1. The molecule has 0 heterocycles. The first kappa shape index (κ1) is 58.9. The van der Waals surface area contributed by atoms with Gasteiger partial charge in [0.05, 0.1) is 69.6 Å². The maximum Gasteiger partial charge on any atom is 0.299 e. The molecule has 0 unspecified atom stereocenters. The number of fused-ring (bicyclic) bond motifs is 2. The molecule has 6 rings (SSSR count). The number of hydrogen-bond donors (Lipinski definition) is 4. The predicted octanol–water partition coefficient (Wildman–Crippen LogP) is 8.12. The number of phenolic OH excluding ortho intramolecular Hbond substituents is 2. The molecule has 0 aliphatic carbocycles. The minimum atomic E-state index is -4.33. The molecule has 6 aromatic carbocycles. The third-order valence-corrected chi connectivity index (χ3v) is 13.3. The Morgan fingerprint density at radius 1 is 0.559 bits per heavy atom. The van der Waals surface area contributed by atoms with Crippen molar-refractivity contribution in [3.8, 4) is 11.5 Å². The van der Waals surface area contributed by atoms with Crippen molar-refractivity contribution >= 4 is 121 Å². The Morgan fingerprint density at radius 3 is 1.40 bits per heavy atom. The van der Waals surface area contributed by atoms with Gasteiger partial charge in [0.25, 0.3) is 20.2 Å². The van der Waals surface area contributed by atoms with E-state index in [1.807, 2.05) is 0 Å². The molecule has 24 nitrogen and oxygen atoms in total. The van der Waals surface area contributed by atoms with Gasteiger partial charge in [0.15, 0.2) is 5.75 Å². The summed E-state index contributed by atoms with van der Waals surface area (Å²) >= 11 is 1.44. The Labute approximate surface area is 449 Å².